The van der Waals surface area contributed by atoms with Crippen LogP contribution in [0.4, 0.5) is 5.82 Å². The molecule has 1 saturated heterocycles. The molecule has 8 nitrogen and oxygen atoms in total. The molecule has 1 fully saturated rings. The van der Waals surface area contributed by atoms with E-state index >= 15 is 0 Å². The summed E-state index contributed by atoms with van der Waals surface area (Å²) in [5.41, 5.74) is 0.492. The van der Waals surface area contributed by atoms with E-state index in [1.807, 2.05) is 12.1 Å². The average Bonchev–Trinajstić information content (AvgIpc) is 2.71. The summed E-state index contributed by atoms with van der Waals surface area (Å²) < 4.78 is 35.8. The predicted octanol–water partition coefficient (Wildman–Crippen LogP) is 2.28. The summed E-state index contributed by atoms with van der Waals surface area (Å²) in [6.07, 6.45) is 5.53. The Kier molecular flexibility index (Phi) is 6.45. The second-order valence-electron chi connectivity index (χ2n) is 7.25. The van der Waals surface area contributed by atoms with Crippen LogP contribution in [0, 0.1) is 17.2 Å². The lowest BCUT2D eigenvalue weighted by atomic mass is 9.93. The molecule has 2 heterocycles. The number of rotatable bonds is 7. The van der Waals surface area contributed by atoms with Crippen molar-refractivity contribution in [2.75, 3.05) is 45.0 Å². The topological polar surface area (TPSA) is 105 Å². The molecule has 29 heavy (non-hydrogen) atoms. The highest BCUT2D eigenvalue weighted by Gasteiger charge is 2.23. The molecule has 1 aromatic carbocycles. The Morgan fingerprint density at radius 2 is 1.83 bits per heavy atom. The van der Waals surface area contributed by atoms with Gasteiger partial charge in [-0.25, -0.2) is 18.1 Å². The Bertz CT molecular complexity index is 1020. The normalized spacial score (nSPS) is 15.3. The van der Waals surface area contributed by atoms with Crippen molar-refractivity contribution in [3.8, 4) is 17.6 Å². The third-order valence-electron chi connectivity index (χ3n) is 5.32. The molecule has 0 aliphatic carbocycles. The monoisotopic (exact) mass is 418 g/mol. The number of sulfonamides is 1. The van der Waals surface area contributed by atoms with Gasteiger partial charge in [-0.3, -0.25) is 0 Å². The van der Waals surface area contributed by atoms with E-state index < -0.39 is 10.0 Å². The molecule has 1 aliphatic heterocycles. The molecule has 9 heteroatoms. The number of pyridine rings is 1. The molecule has 0 radical (unpaired) electrons. The van der Waals surface area contributed by atoms with Crippen LogP contribution in [0.15, 0.2) is 18.3 Å². The van der Waals surface area contributed by atoms with Crippen LogP contribution >= 0.6 is 0 Å². The van der Waals surface area contributed by atoms with Gasteiger partial charge in [0.1, 0.15) is 11.9 Å². The van der Waals surface area contributed by atoms with Crippen LogP contribution in [-0.2, 0) is 10.0 Å². The number of hydrogen-bond donors (Lipinski definition) is 1. The Labute approximate surface area is 171 Å². The Hall–Kier alpha value is -2.57. The van der Waals surface area contributed by atoms with Gasteiger partial charge in [-0.15, -0.1) is 0 Å². The Balaban J connectivity index is 1.81. The van der Waals surface area contributed by atoms with E-state index in [0.717, 1.165) is 48.9 Å². The minimum atomic E-state index is -3.14. The lowest BCUT2D eigenvalue weighted by molar-refractivity contribution is 0.356. The van der Waals surface area contributed by atoms with Crippen molar-refractivity contribution < 1.29 is 17.9 Å². The Morgan fingerprint density at radius 3 is 2.38 bits per heavy atom. The van der Waals surface area contributed by atoms with Crippen LogP contribution in [0.5, 0.6) is 11.5 Å². The van der Waals surface area contributed by atoms with Crippen LogP contribution in [0.2, 0.25) is 0 Å². The number of nitrogens with one attached hydrogen (secondary N) is 1. The van der Waals surface area contributed by atoms with Gasteiger partial charge in [-0.2, -0.15) is 5.26 Å². The largest absolute Gasteiger partial charge is 0.493 e. The first-order valence-corrected chi connectivity index (χ1v) is 11.4. The van der Waals surface area contributed by atoms with Gasteiger partial charge >= 0.3 is 0 Å². The number of anilines is 1. The summed E-state index contributed by atoms with van der Waals surface area (Å²) in [4.78, 5) is 6.79. The molecule has 0 saturated carbocycles. The standard InChI is InChI=1S/C20H26N4O4S/c1-27-18-10-16-15(12-21)13-22-20(17(16)11-19(18)28-2)24-8-5-14(6-9-24)4-7-23-29(3,25)26/h10-11,13-14,23H,4-9H2,1-3H3. The molecular formula is C20H26N4O4S. The molecule has 0 unspecified atom stereocenters. The highest BCUT2D eigenvalue weighted by molar-refractivity contribution is 7.88. The van der Waals surface area contributed by atoms with Gasteiger partial charge in [-0.05, 0) is 37.3 Å². The number of aromatic nitrogens is 1. The molecular weight excluding hydrogens is 392 g/mol. The lowest BCUT2D eigenvalue weighted by Gasteiger charge is -2.33. The summed E-state index contributed by atoms with van der Waals surface area (Å²) in [6, 6.07) is 5.89. The van der Waals surface area contributed by atoms with Crippen molar-refractivity contribution in [2.45, 2.75) is 19.3 Å². The number of nitrogens with zero attached hydrogens (tertiary/aromatic N) is 3. The fourth-order valence-corrected chi connectivity index (χ4v) is 4.26. The predicted molar refractivity (Wildman–Crippen MR) is 112 cm³/mol. The number of ether oxygens (including phenoxy) is 2. The summed E-state index contributed by atoms with van der Waals surface area (Å²) in [7, 11) is 0.0140. The van der Waals surface area contributed by atoms with Gasteiger partial charge in [-0.1, -0.05) is 0 Å². The van der Waals surface area contributed by atoms with Crippen molar-refractivity contribution in [1.29, 1.82) is 5.26 Å². The van der Waals surface area contributed by atoms with E-state index in [-0.39, 0.29) is 0 Å². The molecule has 1 aliphatic rings. The fraction of sp³-hybridized carbons (Fsp3) is 0.500. The smallest absolute Gasteiger partial charge is 0.208 e. The van der Waals surface area contributed by atoms with Crippen LogP contribution in [-0.4, -0.2) is 53.5 Å². The molecule has 3 rings (SSSR count). The minimum absolute atomic E-state index is 0.471. The zero-order valence-electron chi connectivity index (χ0n) is 16.9. The maximum absolute atomic E-state index is 11.2. The van der Waals surface area contributed by atoms with Crippen molar-refractivity contribution >= 4 is 26.6 Å². The number of methoxy groups -OCH3 is 2. The third-order valence-corrected chi connectivity index (χ3v) is 6.05. The summed E-state index contributed by atoms with van der Waals surface area (Å²) in [5, 5.41) is 11.1. The molecule has 2 aromatic rings. The SMILES string of the molecule is COc1cc2c(C#N)cnc(N3CCC(CCNS(C)(=O)=O)CC3)c2cc1OC. The van der Waals surface area contributed by atoms with E-state index in [1.165, 1.54) is 6.26 Å². The van der Waals surface area contributed by atoms with Crippen LogP contribution in [0.3, 0.4) is 0 Å². The molecule has 0 spiro atoms. The number of benzene rings is 1. The highest BCUT2D eigenvalue weighted by atomic mass is 32.2. The lowest BCUT2D eigenvalue weighted by Crippen LogP contribution is -2.35. The third kappa shape index (κ3) is 4.89. The van der Waals surface area contributed by atoms with E-state index in [2.05, 4.69) is 20.7 Å². The van der Waals surface area contributed by atoms with Crippen LogP contribution in [0.25, 0.3) is 10.8 Å². The molecule has 0 amide bonds. The van der Waals surface area contributed by atoms with E-state index in [9.17, 15) is 13.7 Å². The number of fused-ring (bicyclic) bond motifs is 1. The highest BCUT2D eigenvalue weighted by Crippen LogP contribution is 2.38. The molecule has 0 bridgehead atoms. The fourth-order valence-electron chi connectivity index (χ4n) is 3.77. The van der Waals surface area contributed by atoms with Gasteiger partial charge in [0, 0.05) is 36.6 Å². The van der Waals surface area contributed by atoms with Crippen molar-refractivity contribution in [3.63, 3.8) is 0 Å². The summed E-state index contributed by atoms with van der Waals surface area (Å²) >= 11 is 0. The van der Waals surface area contributed by atoms with Gasteiger partial charge in [0.2, 0.25) is 10.0 Å². The van der Waals surface area contributed by atoms with E-state index in [0.29, 0.717) is 29.5 Å². The maximum Gasteiger partial charge on any atom is 0.208 e. The number of piperidine rings is 1. The maximum atomic E-state index is 11.2. The van der Waals surface area contributed by atoms with Crippen molar-refractivity contribution in [1.82, 2.24) is 9.71 Å². The molecule has 1 aromatic heterocycles. The molecule has 0 atom stereocenters. The summed E-state index contributed by atoms with van der Waals surface area (Å²) in [5.74, 6) is 2.47. The van der Waals surface area contributed by atoms with Crippen LogP contribution in [0.1, 0.15) is 24.8 Å². The van der Waals surface area contributed by atoms with Gasteiger partial charge in [0.05, 0.1) is 26.0 Å². The van der Waals surface area contributed by atoms with E-state index in [1.54, 1.807) is 20.4 Å². The van der Waals surface area contributed by atoms with Crippen LogP contribution < -0.4 is 19.1 Å². The Morgan fingerprint density at radius 1 is 1.21 bits per heavy atom. The van der Waals surface area contributed by atoms with Gasteiger partial charge in [0.15, 0.2) is 11.5 Å². The van der Waals surface area contributed by atoms with Crippen molar-refractivity contribution in [3.05, 3.63) is 23.9 Å². The van der Waals surface area contributed by atoms with E-state index in [4.69, 9.17) is 9.47 Å². The number of nitriles is 1. The van der Waals surface area contributed by atoms with Gasteiger partial charge < -0.3 is 14.4 Å². The second-order valence-corrected chi connectivity index (χ2v) is 9.08. The quantitative estimate of drug-likeness (QED) is 0.735. The average molecular weight is 419 g/mol. The van der Waals surface area contributed by atoms with Gasteiger partial charge in [0.25, 0.3) is 0 Å². The zero-order chi connectivity index (χ0) is 21.0. The minimum Gasteiger partial charge on any atom is -0.493 e. The zero-order valence-corrected chi connectivity index (χ0v) is 17.8. The number of hydrogen-bond acceptors (Lipinski definition) is 7. The first-order valence-electron chi connectivity index (χ1n) is 9.50. The first kappa shape index (κ1) is 21.1. The van der Waals surface area contributed by atoms with Crippen molar-refractivity contribution in [2.24, 2.45) is 5.92 Å². The summed E-state index contributed by atoms with van der Waals surface area (Å²) in [6.45, 7) is 2.12. The molecule has 156 valence electrons. The molecule has 1 N–H and O–H groups in total. The second kappa shape index (κ2) is 8.84. The first-order chi connectivity index (χ1) is 13.9.